The van der Waals surface area contributed by atoms with Crippen LogP contribution in [0.25, 0.3) is 0 Å². The van der Waals surface area contributed by atoms with E-state index in [0.29, 0.717) is 44.2 Å². The molecule has 0 saturated carbocycles. The molecule has 3 aromatic rings. The topological polar surface area (TPSA) is 248 Å². The largest absolute Gasteiger partial charge is 0.555 e. The van der Waals surface area contributed by atoms with Crippen molar-refractivity contribution < 1.29 is 57.0 Å². The van der Waals surface area contributed by atoms with Crippen molar-refractivity contribution in [1.29, 1.82) is 0 Å². The average molecular weight is 726 g/mol. The zero-order valence-corrected chi connectivity index (χ0v) is 27.3. The molecule has 0 spiro atoms. The van der Waals surface area contributed by atoms with Gasteiger partial charge >= 0.3 is 38.7 Å². The lowest BCUT2D eigenvalue weighted by Gasteiger charge is -2.36. The molecule has 6 N–H and O–H groups in total. The van der Waals surface area contributed by atoms with Gasteiger partial charge < -0.3 is 39.6 Å². The van der Waals surface area contributed by atoms with Crippen molar-refractivity contribution in [3.8, 4) is 0 Å². The Morgan fingerprint density at radius 1 is 1.12 bits per heavy atom. The molecule has 18 nitrogen and oxygen atoms in total. The van der Waals surface area contributed by atoms with E-state index in [2.05, 4.69) is 10.6 Å². The zero-order chi connectivity index (χ0) is 35.5. The van der Waals surface area contributed by atoms with Crippen LogP contribution >= 0.6 is 15.6 Å². The highest BCUT2D eigenvalue weighted by Crippen LogP contribution is 2.61. The summed E-state index contributed by atoms with van der Waals surface area (Å²) < 4.78 is 48.7. The van der Waals surface area contributed by atoms with E-state index in [-0.39, 0.29) is 35.9 Å². The molecule has 0 bridgehead atoms. The number of furan rings is 1. The Bertz CT molecular complexity index is 1780. The highest BCUT2D eigenvalue weighted by molar-refractivity contribution is 7.66. The van der Waals surface area contributed by atoms with Crippen LogP contribution in [0.3, 0.4) is 0 Å². The monoisotopic (exact) mass is 725 g/mol. The summed E-state index contributed by atoms with van der Waals surface area (Å²) in [5.74, 6) is -0.394. The van der Waals surface area contributed by atoms with E-state index in [4.69, 9.17) is 9.15 Å². The molecule has 49 heavy (non-hydrogen) atoms. The number of carbonyl (C=O) groups is 2. The van der Waals surface area contributed by atoms with Gasteiger partial charge in [-0.25, -0.2) is 14.0 Å². The van der Waals surface area contributed by atoms with Gasteiger partial charge in [-0.3, -0.25) is 24.5 Å². The second-order valence-corrected chi connectivity index (χ2v) is 14.8. The van der Waals surface area contributed by atoms with Crippen LogP contribution in [0, 0.1) is 15.9 Å². The normalized spacial score (nSPS) is 18.5. The second-order valence-electron chi connectivity index (χ2n) is 11.3. The summed E-state index contributed by atoms with van der Waals surface area (Å²) in [5, 5.41) is 22.8. The standard InChI is InChI=1S/C28H31FN6O12P2/c29-23-13-20(5-7-24(23)33-11-9-32(10-12-33)16-21-6-8-25(46-21)35(39)40)34-17-22(47-27(34)37)15-30-26(36)31-19-3-1-18(2-4-19)14-28(38,48(41)42)49(43,44)45/h1-8,13,22,38H,9-12,14-17H2,(H4-,30,31,36,41,42,43,44,45)/p+1/t22-,28?/m0/s1. The van der Waals surface area contributed by atoms with Crippen LogP contribution in [0.1, 0.15) is 11.3 Å². The van der Waals surface area contributed by atoms with E-state index >= 15 is 4.39 Å². The summed E-state index contributed by atoms with van der Waals surface area (Å²) in [4.78, 5) is 68.2. The SMILES string of the molecule is O=C(NC[C@H]1CN(c2ccc(N3CCN(Cc4ccc([N+](=O)[O-])o4)CC3)c(F)c2)C(=O)O1)Nc1ccc(CC(O)([P+](=O)O)P(=O)(O)O)cc1. The Kier molecular flexibility index (Phi) is 10.6. The average Bonchev–Trinajstić information content (AvgIpc) is 3.67. The van der Waals surface area contributed by atoms with E-state index in [0.717, 1.165) is 0 Å². The molecule has 0 aliphatic carbocycles. The first-order chi connectivity index (χ1) is 23.1. The van der Waals surface area contributed by atoms with E-state index in [1.54, 1.807) is 18.2 Å². The van der Waals surface area contributed by atoms with E-state index in [1.807, 2.05) is 9.80 Å². The lowest BCUT2D eigenvalue weighted by Crippen LogP contribution is -2.46. The van der Waals surface area contributed by atoms with Gasteiger partial charge in [0.2, 0.25) is 0 Å². The Morgan fingerprint density at radius 2 is 1.82 bits per heavy atom. The minimum atomic E-state index is -5.35. The van der Waals surface area contributed by atoms with Crippen LogP contribution < -0.4 is 20.4 Å². The maximum absolute atomic E-state index is 15.2. The van der Waals surface area contributed by atoms with Gasteiger partial charge in [0.05, 0.1) is 43.5 Å². The number of hydrogen-bond acceptors (Lipinski definition) is 11. The number of nitrogens with one attached hydrogen (secondary N) is 2. The fourth-order valence-electron chi connectivity index (χ4n) is 5.32. The molecule has 1 aromatic heterocycles. The van der Waals surface area contributed by atoms with Crippen LogP contribution in [-0.4, -0.2) is 92.2 Å². The van der Waals surface area contributed by atoms with Crippen LogP contribution in [-0.2, 0) is 26.8 Å². The molecule has 3 heterocycles. The number of rotatable bonds is 12. The number of halogens is 1. The van der Waals surface area contributed by atoms with Gasteiger partial charge in [0.25, 0.3) is 0 Å². The summed E-state index contributed by atoms with van der Waals surface area (Å²) in [6.45, 7) is 2.47. The molecule has 2 saturated heterocycles. The molecule has 2 unspecified atom stereocenters. The molecule has 21 heteroatoms. The molecule has 2 aliphatic rings. The fraction of sp³-hybridized carbons (Fsp3) is 0.357. The molecule has 3 atom stereocenters. The van der Waals surface area contributed by atoms with Crippen molar-refractivity contribution in [2.45, 2.75) is 24.2 Å². The number of anilines is 3. The zero-order valence-electron chi connectivity index (χ0n) is 25.5. The molecular weight excluding hydrogens is 693 g/mol. The number of benzene rings is 2. The lowest BCUT2D eigenvalue weighted by molar-refractivity contribution is -0.402. The predicted molar refractivity (Wildman–Crippen MR) is 171 cm³/mol. The molecule has 0 radical (unpaired) electrons. The molecule has 3 amide bonds. The first-order valence-electron chi connectivity index (χ1n) is 14.7. The van der Waals surface area contributed by atoms with Gasteiger partial charge in [0.15, 0.2) is 0 Å². The molecular formula is C28H32FN6O12P2+. The number of nitrogens with zero attached hydrogens (tertiary/aromatic N) is 4. The first kappa shape index (κ1) is 35.8. The van der Waals surface area contributed by atoms with Crippen molar-refractivity contribution in [2.24, 2.45) is 0 Å². The van der Waals surface area contributed by atoms with Gasteiger partial charge in [0, 0.05) is 31.9 Å². The van der Waals surface area contributed by atoms with Crippen LogP contribution in [0.15, 0.2) is 59.0 Å². The molecule has 5 rings (SSSR count). The van der Waals surface area contributed by atoms with Crippen molar-refractivity contribution in [3.63, 3.8) is 0 Å². The molecule has 2 aromatic carbocycles. The van der Waals surface area contributed by atoms with Crippen molar-refractivity contribution in [3.05, 3.63) is 81.9 Å². The highest BCUT2D eigenvalue weighted by Gasteiger charge is 2.62. The Hall–Kier alpha value is -4.48. The summed E-state index contributed by atoms with van der Waals surface area (Å²) in [6.07, 6.45) is -2.29. The van der Waals surface area contributed by atoms with Crippen molar-refractivity contribution in [2.75, 3.05) is 54.4 Å². The van der Waals surface area contributed by atoms with Gasteiger partial charge in [-0.05, 0) is 46.5 Å². The number of nitro groups is 1. The number of hydrogen-bond donors (Lipinski definition) is 6. The van der Waals surface area contributed by atoms with E-state index in [9.17, 15) is 48.6 Å². The Balaban J connectivity index is 1.08. The third kappa shape index (κ3) is 8.40. The number of amides is 3. The molecule has 262 valence electrons. The lowest BCUT2D eigenvalue weighted by atomic mass is 10.1. The Labute approximate surface area is 278 Å². The second kappa shape index (κ2) is 14.6. The first-order valence-corrected chi connectivity index (χ1v) is 17.5. The number of ether oxygens (including phenoxy) is 1. The summed E-state index contributed by atoms with van der Waals surface area (Å²) in [6, 6.07) is 11.9. The number of carbonyl (C=O) groups excluding carboxylic acids is 2. The summed E-state index contributed by atoms with van der Waals surface area (Å²) in [5.41, 5.74) is 0.999. The van der Waals surface area contributed by atoms with Gasteiger partial charge in [0.1, 0.15) is 22.6 Å². The number of aliphatic hydroxyl groups is 1. The van der Waals surface area contributed by atoms with Crippen LogP contribution in [0.2, 0.25) is 0 Å². The number of piperazine rings is 1. The van der Waals surface area contributed by atoms with Gasteiger partial charge in [-0.1, -0.05) is 12.1 Å². The van der Waals surface area contributed by atoms with Gasteiger partial charge in [-0.15, -0.1) is 0 Å². The van der Waals surface area contributed by atoms with Gasteiger partial charge in [-0.2, -0.15) is 4.89 Å². The smallest absolute Gasteiger partial charge is 0.442 e. The maximum atomic E-state index is 15.2. The molecule has 2 aliphatic heterocycles. The third-order valence-corrected chi connectivity index (χ3v) is 11.1. The van der Waals surface area contributed by atoms with Crippen LogP contribution in [0.4, 0.5) is 36.9 Å². The fourth-order valence-corrected chi connectivity index (χ4v) is 6.92. The quantitative estimate of drug-likeness (QED) is 0.0893. The maximum Gasteiger partial charge on any atom is 0.555 e. The summed E-state index contributed by atoms with van der Waals surface area (Å²) >= 11 is 0. The Morgan fingerprint density at radius 3 is 2.41 bits per heavy atom. The number of urea groups is 1. The van der Waals surface area contributed by atoms with Crippen molar-refractivity contribution in [1.82, 2.24) is 10.2 Å². The van der Waals surface area contributed by atoms with E-state index < -0.39 is 56.1 Å². The minimum Gasteiger partial charge on any atom is -0.442 e. The third-order valence-electron chi connectivity index (χ3n) is 7.95. The molecule has 2 fully saturated rings. The van der Waals surface area contributed by atoms with E-state index in [1.165, 1.54) is 41.3 Å². The minimum absolute atomic E-state index is 0.0335. The number of cyclic esters (lactones) is 1. The van der Waals surface area contributed by atoms with Crippen molar-refractivity contribution >= 4 is 50.7 Å². The highest BCUT2D eigenvalue weighted by atomic mass is 31.2. The van der Waals surface area contributed by atoms with Crippen LogP contribution in [0.5, 0.6) is 0 Å². The predicted octanol–water partition coefficient (Wildman–Crippen LogP) is 2.90. The summed E-state index contributed by atoms with van der Waals surface area (Å²) in [7, 11) is -8.99.